The third-order valence-electron chi connectivity index (χ3n) is 3.07. The van der Waals surface area contributed by atoms with Gasteiger partial charge in [0.15, 0.2) is 0 Å². The van der Waals surface area contributed by atoms with Gasteiger partial charge in [-0.1, -0.05) is 18.2 Å². The lowest BCUT2D eigenvalue weighted by atomic mass is 10.1. The number of likely N-dealkylation sites (tertiary alicyclic amines) is 1. The molecule has 1 fully saturated rings. The van der Waals surface area contributed by atoms with E-state index in [0.29, 0.717) is 19.5 Å². The molecule has 1 heterocycles. The zero-order valence-corrected chi connectivity index (χ0v) is 10.4. The summed E-state index contributed by atoms with van der Waals surface area (Å²) in [7, 11) is 0. The molecule has 1 aliphatic heterocycles. The molecule has 1 aromatic carbocycles. The van der Waals surface area contributed by atoms with Crippen molar-refractivity contribution in [2.75, 3.05) is 6.54 Å². The summed E-state index contributed by atoms with van der Waals surface area (Å²) in [5, 5.41) is 0. The van der Waals surface area contributed by atoms with Crippen LogP contribution in [0.5, 0.6) is 5.75 Å². The van der Waals surface area contributed by atoms with E-state index in [1.165, 1.54) is 12.1 Å². The van der Waals surface area contributed by atoms with Crippen LogP contribution < -0.4 is 4.74 Å². The van der Waals surface area contributed by atoms with Crippen LogP contribution in [0.4, 0.5) is 8.78 Å². The van der Waals surface area contributed by atoms with E-state index in [1.807, 2.05) is 0 Å². The summed E-state index contributed by atoms with van der Waals surface area (Å²) in [5.74, 6) is 0.345. The number of carbonyl (C=O) groups excluding carboxylic acids is 1. The largest absolute Gasteiger partial charge is 0.435 e. The Hall–Kier alpha value is -1.91. The van der Waals surface area contributed by atoms with Crippen LogP contribution in [0.2, 0.25) is 0 Å². The van der Waals surface area contributed by atoms with Crippen molar-refractivity contribution in [1.82, 2.24) is 4.90 Å². The van der Waals surface area contributed by atoms with E-state index in [0.717, 1.165) is 5.56 Å². The van der Waals surface area contributed by atoms with E-state index in [4.69, 9.17) is 0 Å². The molecule has 0 bridgehead atoms. The molecule has 1 amide bonds. The minimum atomic E-state index is -2.84. The summed E-state index contributed by atoms with van der Waals surface area (Å²) in [6.45, 7) is 1.88. The first-order chi connectivity index (χ1) is 9.08. The number of benzene rings is 1. The van der Waals surface area contributed by atoms with Gasteiger partial charge in [0.05, 0.1) is 0 Å². The predicted molar refractivity (Wildman–Crippen MR) is 66.8 cm³/mol. The van der Waals surface area contributed by atoms with Crippen LogP contribution in [0.3, 0.4) is 0 Å². The second-order valence-corrected chi connectivity index (χ2v) is 4.50. The first kappa shape index (κ1) is 13.5. The SMILES string of the molecule is C=CC1CC(=O)N(Cc2cccc(OC(F)F)c2)C1. The van der Waals surface area contributed by atoms with E-state index < -0.39 is 6.61 Å². The van der Waals surface area contributed by atoms with Crippen LogP contribution in [0.1, 0.15) is 12.0 Å². The lowest BCUT2D eigenvalue weighted by molar-refractivity contribution is -0.128. The summed E-state index contributed by atoms with van der Waals surface area (Å²) < 4.78 is 28.6. The molecule has 1 aromatic rings. The van der Waals surface area contributed by atoms with Gasteiger partial charge in [0.1, 0.15) is 5.75 Å². The number of hydrogen-bond acceptors (Lipinski definition) is 2. The molecular weight excluding hydrogens is 252 g/mol. The molecule has 0 spiro atoms. The van der Waals surface area contributed by atoms with Gasteiger partial charge in [0, 0.05) is 25.4 Å². The number of hydrogen-bond donors (Lipinski definition) is 0. The van der Waals surface area contributed by atoms with Crippen molar-refractivity contribution in [2.24, 2.45) is 5.92 Å². The summed E-state index contributed by atoms with van der Waals surface area (Å²) >= 11 is 0. The van der Waals surface area contributed by atoms with Gasteiger partial charge in [-0.05, 0) is 17.7 Å². The van der Waals surface area contributed by atoms with E-state index in [2.05, 4.69) is 11.3 Å². The van der Waals surface area contributed by atoms with Crippen LogP contribution in [-0.4, -0.2) is 24.0 Å². The maximum Gasteiger partial charge on any atom is 0.387 e. The van der Waals surface area contributed by atoms with Gasteiger partial charge in [-0.2, -0.15) is 8.78 Å². The Morgan fingerprint density at radius 1 is 1.53 bits per heavy atom. The van der Waals surface area contributed by atoms with Crippen LogP contribution in [0.15, 0.2) is 36.9 Å². The van der Waals surface area contributed by atoms with Crippen molar-refractivity contribution >= 4 is 5.91 Å². The molecule has 0 N–H and O–H groups in total. The molecule has 1 unspecified atom stereocenters. The minimum absolute atomic E-state index is 0.0603. The molecule has 2 rings (SSSR count). The van der Waals surface area contributed by atoms with Crippen molar-refractivity contribution in [2.45, 2.75) is 19.6 Å². The van der Waals surface area contributed by atoms with E-state index >= 15 is 0 Å². The molecule has 102 valence electrons. The van der Waals surface area contributed by atoms with Crippen LogP contribution >= 0.6 is 0 Å². The average Bonchev–Trinajstić information content (AvgIpc) is 2.70. The maximum absolute atomic E-state index is 12.1. The second kappa shape index (κ2) is 5.82. The molecule has 0 aromatic heterocycles. The molecule has 1 atom stereocenters. The maximum atomic E-state index is 12.1. The van der Waals surface area contributed by atoms with Gasteiger partial charge in [-0.3, -0.25) is 4.79 Å². The number of nitrogens with zero attached hydrogens (tertiary/aromatic N) is 1. The lowest BCUT2D eigenvalue weighted by Crippen LogP contribution is -2.24. The zero-order chi connectivity index (χ0) is 13.8. The number of halogens is 2. The Bertz CT molecular complexity index is 476. The molecule has 5 heteroatoms. The molecule has 1 saturated heterocycles. The fourth-order valence-corrected chi connectivity index (χ4v) is 2.15. The van der Waals surface area contributed by atoms with Gasteiger partial charge in [0.2, 0.25) is 5.91 Å². The fraction of sp³-hybridized carbons (Fsp3) is 0.357. The highest BCUT2D eigenvalue weighted by Gasteiger charge is 2.27. The highest BCUT2D eigenvalue weighted by molar-refractivity contribution is 5.79. The van der Waals surface area contributed by atoms with Gasteiger partial charge in [-0.15, -0.1) is 6.58 Å². The average molecular weight is 267 g/mol. The van der Waals surface area contributed by atoms with Gasteiger partial charge >= 0.3 is 6.61 Å². The van der Waals surface area contributed by atoms with Crippen molar-refractivity contribution in [3.05, 3.63) is 42.5 Å². The van der Waals surface area contributed by atoms with E-state index in [1.54, 1.807) is 23.1 Å². The van der Waals surface area contributed by atoms with Crippen LogP contribution in [0, 0.1) is 5.92 Å². The summed E-state index contributed by atoms with van der Waals surface area (Å²) in [6.07, 6.45) is 2.24. The van der Waals surface area contributed by atoms with Crippen molar-refractivity contribution < 1.29 is 18.3 Å². The van der Waals surface area contributed by atoms with Crippen molar-refractivity contribution in [3.8, 4) is 5.75 Å². The van der Waals surface area contributed by atoms with Gasteiger partial charge < -0.3 is 9.64 Å². The normalized spacial score (nSPS) is 19.0. The Labute approximate surface area is 110 Å². The monoisotopic (exact) mass is 267 g/mol. The quantitative estimate of drug-likeness (QED) is 0.768. The standard InChI is InChI=1S/C14H15F2NO2/c1-2-10-7-13(18)17(8-10)9-11-4-3-5-12(6-11)19-14(15)16/h2-6,10,14H,1,7-9H2. The highest BCUT2D eigenvalue weighted by Crippen LogP contribution is 2.22. The number of alkyl halides is 2. The van der Waals surface area contributed by atoms with Crippen molar-refractivity contribution in [3.63, 3.8) is 0 Å². The molecule has 3 nitrogen and oxygen atoms in total. The highest BCUT2D eigenvalue weighted by atomic mass is 19.3. The predicted octanol–water partition coefficient (Wildman–Crippen LogP) is 2.82. The first-order valence-electron chi connectivity index (χ1n) is 6.02. The summed E-state index contributed by atoms with van der Waals surface area (Å²) in [5.41, 5.74) is 0.774. The topological polar surface area (TPSA) is 29.5 Å². The molecule has 19 heavy (non-hydrogen) atoms. The number of amides is 1. The second-order valence-electron chi connectivity index (χ2n) is 4.50. The molecular formula is C14H15F2NO2. The smallest absolute Gasteiger partial charge is 0.387 e. The Kier molecular flexibility index (Phi) is 4.14. The Balaban J connectivity index is 2.03. The number of carbonyl (C=O) groups is 1. The Morgan fingerprint density at radius 2 is 2.32 bits per heavy atom. The van der Waals surface area contributed by atoms with E-state index in [9.17, 15) is 13.6 Å². The molecule has 0 aliphatic carbocycles. The third kappa shape index (κ3) is 3.53. The molecule has 0 radical (unpaired) electrons. The summed E-state index contributed by atoms with van der Waals surface area (Å²) in [6, 6.07) is 6.42. The van der Waals surface area contributed by atoms with Crippen molar-refractivity contribution in [1.29, 1.82) is 0 Å². The molecule has 0 saturated carbocycles. The van der Waals surface area contributed by atoms with Gasteiger partial charge in [0.25, 0.3) is 0 Å². The van der Waals surface area contributed by atoms with Crippen LogP contribution in [-0.2, 0) is 11.3 Å². The van der Waals surface area contributed by atoms with Crippen LogP contribution in [0.25, 0.3) is 0 Å². The first-order valence-corrected chi connectivity index (χ1v) is 6.02. The minimum Gasteiger partial charge on any atom is -0.435 e. The number of rotatable bonds is 5. The lowest BCUT2D eigenvalue weighted by Gasteiger charge is -2.16. The third-order valence-corrected chi connectivity index (χ3v) is 3.07. The zero-order valence-electron chi connectivity index (χ0n) is 10.4. The molecule has 1 aliphatic rings. The van der Waals surface area contributed by atoms with Gasteiger partial charge in [-0.25, -0.2) is 0 Å². The Morgan fingerprint density at radius 3 is 2.95 bits per heavy atom. The summed E-state index contributed by atoms with van der Waals surface area (Å²) in [4.78, 5) is 13.4. The van der Waals surface area contributed by atoms with E-state index in [-0.39, 0.29) is 17.6 Å². The fourth-order valence-electron chi connectivity index (χ4n) is 2.15. The number of ether oxygens (including phenoxy) is 1.